The third-order valence-electron chi connectivity index (χ3n) is 2.44. The maximum absolute atomic E-state index is 13.4. The Morgan fingerprint density at radius 1 is 1.28 bits per heavy atom. The van der Waals surface area contributed by atoms with Crippen LogP contribution in [0.5, 0.6) is 0 Å². The molecule has 0 aliphatic heterocycles. The summed E-state index contributed by atoms with van der Waals surface area (Å²) in [6, 6.07) is 4.10. The van der Waals surface area contributed by atoms with Crippen LogP contribution >= 0.6 is 0 Å². The van der Waals surface area contributed by atoms with Crippen LogP contribution in [-0.4, -0.2) is 9.78 Å². The molecule has 18 heavy (non-hydrogen) atoms. The number of halogens is 4. The van der Waals surface area contributed by atoms with E-state index in [1.54, 1.807) is 0 Å². The molecule has 0 radical (unpaired) electrons. The van der Waals surface area contributed by atoms with Crippen molar-refractivity contribution in [2.24, 2.45) is 0 Å². The molecule has 0 spiro atoms. The Kier molecular flexibility index (Phi) is 2.98. The molecule has 0 aliphatic rings. The Hall–Kier alpha value is -2.05. The number of nitrogens with zero attached hydrogens (tertiary/aromatic N) is 2. The lowest BCUT2D eigenvalue weighted by Crippen LogP contribution is -2.07. The second kappa shape index (κ2) is 4.32. The quantitative estimate of drug-likeness (QED) is 0.665. The molecular formula is C11H9F4N3. The number of hydrogen-bond donors (Lipinski definition) is 1. The minimum atomic E-state index is -4.46. The molecule has 0 saturated carbocycles. The van der Waals surface area contributed by atoms with Crippen LogP contribution in [0.3, 0.4) is 0 Å². The fraction of sp³-hybridized carbons (Fsp3) is 0.182. The molecule has 0 amide bonds. The lowest BCUT2D eigenvalue weighted by Gasteiger charge is -2.07. The van der Waals surface area contributed by atoms with Crippen molar-refractivity contribution in [1.29, 1.82) is 0 Å². The molecular weight excluding hydrogens is 250 g/mol. The van der Waals surface area contributed by atoms with E-state index in [1.807, 2.05) is 0 Å². The van der Waals surface area contributed by atoms with Gasteiger partial charge in [0.15, 0.2) is 0 Å². The van der Waals surface area contributed by atoms with Crippen LogP contribution in [0.1, 0.15) is 11.1 Å². The van der Waals surface area contributed by atoms with Gasteiger partial charge in [-0.05, 0) is 12.1 Å². The van der Waals surface area contributed by atoms with Gasteiger partial charge in [0.25, 0.3) is 0 Å². The molecule has 1 heterocycles. The van der Waals surface area contributed by atoms with Gasteiger partial charge in [-0.2, -0.15) is 18.3 Å². The molecule has 1 aromatic carbocycles. The van der Waals surface area contributed by atoms with E-state index < -0.39 is 17.6 Å². The van der Waals surface area contributed by atoms with Gasteiger partial charge in [0.1, 0.15) is 5.82 Å². The Labute approximate surface area is 99.8 Å². The minimum Gasteiger partial charge on any atom is -0.398 e. The maximum atomic E-state index is 13.4. The van der Waals surface area contributed by atoms with Crippen molar-refractivity contribution < 1.29 is 17.6 Å². The predicted molar refractivity (Wildman–Crippen MR) is 57.1 cm³/mol. The van der Waals surface area contributed by atoms with Gasteiger partial charge in [0, 0.05) is 17.4 Å². The fourth-order valence-electron chi connectivity index (χ4n) is 1.50. The number of alkyl halides is 3. The summed E-state index contributed by atoms with van der Waals surface area (Å²) in [7, 11) is 0. The number of aromatic nitrogens is 2. The molecule has 3 nitrogen and oxygen atoms in total. The lowest BCUT2D eigenvalue weighted by molar-refractivity contribution is -0.137. The third-order valence-corrected chi connectivity index (χ3v) is 2.44. The number of benzene rings is 1. The molecule has 0 atom stereocenters. The summed E-state index contributed by atoms with van der Waals surface area (Å²) in [6.07, 6.45) is -2.96. The second-order valence-corrected chi connectivity index (χ2v) is 3.73. The highest BCUT2D eigenvalue weighted by molar-refractivity contribution is 5.47. The predicted octanol–water partition coefficient (Wildman–Crippen LogP) is 2.67. The minimum absolute atomic E-state index is 0.120. The van der Waals surface area contributed by atoms with Crippen LogP contribution in [0.25, 0.3) is 0 Å². The van der Waals surface area contributed by atoms with Crippen LogP contribution in [0, 0.1) is 5.82 Å². The Morgan fingerprint density at radius 2 is 2.00 bits per heavy atom. The Morgan fingerprint density at radius 3 is 2.56 bits per heavy atom. The topological polar surface area (TPSA) is 43.8 Å². The van der Waals surface area contributed by atoms with E-state index in [-0.39, 0.29) is 17.8 Å². The van der Waals surface area contributed by atoms with Gasteiger partial charge in [-0.15, -0.1) is 0 Å². The molecule has 0 aliphatic carbocycles. The van der Waals surface area contributed by atoms with E-state index in [9.17, 15) is 17.6 Å². The number of anilines is 1. The van der Waals surface area contributed by atoms with Gasteiger partial charge in [0.2, 0.25) is 0 Å². The van der Waals surface area contributed by atoms with Crippen LogP contribution in [0.2, 0.25) is 0 Å². The zero-order chi connectivity index (χ0) is 13.3. The first-order valence-electron chi connectivity index (χ1n) is 5.00. The summed E-state index contributed by atoms with van der Waals surface area (Å²) < 4.78 is 51.5. The van der Waals surface area contributed by atoms with Crippen molar-refractivity contribution in [1.82, 2.24) is 9.78 Å². The highest BCUT2D eigenvalue weighted by Crippen LogP contribution is 2.28. The van der Waals surface area contributed by atoms with E-state index in [4.69, 9.17) is 5.73 Å². The first kappa shape index (κ1) is 12.4. The van der Waals surface area contributed by atoms with Gasteiger partial charge >= 0.3 is 6.18 Å². The Balaban J connectivity index is 2.27. The molecule has 0 unspecified atom stereocenters. The van der Waals surface area contributed by atoms with Crippen LogP contribution in [-0.2, 0) is 12.7 Å². The smallest absolute Gasteiger partial charge is 0.398 e. The largest absolute Gasteiger partial charge is 0.419 e. The lowest BCUT2D eigenvalue weighted by atomic mass is 10.1. The summed E-state index contributed by atoms with van der Waals surface area (Å²) in [5.41, 5.74) is 4.98. The van der Waals surface area contributed by atoms with Crippen molar-refractivity contribution >= 4 is 5.69 Å². The number of hydrogen-bond acceptors (Lipinski definition) is 2. The summed E-state index contributed by atoms with van der Waals surface area (Å²) in [5, 5.41) is 3.53. The summed E-state index contributed by atoms with van der Waals surface area (Å²) >= 11 is 0. The molecule has 7 heteroatoms. The molecule has 1 aromatic heterocycles. The van der Waals surface area contributed by atoms with Crippen LogP contribution in [0.15, 0.2) is 30.6 Å². The van der Waals surface area contributed by atoms with Gasteiger partial charge in [-0.3, -0.25) is 4.68 Å². The van der Waals surface area contributed by atoms with E-state index >= 15 is 0 Å². The molecule has 0 fully saturated rings. The molecule has 2 rings (SSSR count). The number of rotatable bonds is 2. The van der Waals surface area contributed by atoms with Crippen molar-refractivity contribution in [2.75, 3.05) is 5.73 Å². The summed E-state index contributed by atoms with van der Waals surface area (Å²) in [6.45, 7) is -0.144. The highest BCUT2D eigenvalue weighted by atomic mass is 19.4. The summed E-state index contributed by atoms with van der Waals surface area (Å²) in [5.74, 6) is -0.570. The van der Waals surface area contributed by atoms with Crippen LogP contribution < -0.4 is 5.73 Å². The number of nitrogens with two attached hydrogens (primary N) is 1. The van der Waals surface area contributed by atoms with Crippen molar-refractivity contribution in [3.05, 3.63) is 47.5 Å². The van der Waals surface area contributed by atoms with E-state index in [1.165, 1.54) is 18.2 Å². The van der Waals surface area contributed by atoms with E-state index in [0.29, 0.717) is 6.20 Å². The molecule has 2 N–H and O–H groups in total. The zero-order valence-corrected chi connectivity index (χ0v) is 9.08. The maximum Gasteiger partial charge on any atom is 0.419 e. The van der Waals surface area contributed by atoms with E-state index in [2.05, 4.69) is 5.10 Å². The van der Waals surface area contributed by atoms with Gasteiger partial charge in [-0.25, -0.2) is 4.39 Å². The SMILES string of the molecule is Nc1cccc(F)c1Cn1cc(C(F)(F)F)cn1. The summed E-state index contributed by atoms with van der Waals surface area (Å²) in [4.78, 5) is 0. The number of nitrogen functional groups attached to an aromatic ring is 1. The zero-order valence-electron chi connectivity index (χ0n) is 9.08. The first-order valence-corrected chi connectivity index (χ1v) is 5.00. The Bertz CT molecular complexity index is 539. The molecule has 0 saturated heterocycles. The van der Waals surface area contributed by atoms with Crippen molar-refractivity contribution in [3.63, 3.8) is 0 Å². The van der Waals surface area contributed by atoms with Crippen molar-refractivity contribution in [2.45, 2.75) is 12.7 Å². The van der Waals surface area contributed by atoms with Crippen molar-refractivity contribution in [3.8, 4) is 0 Å². The first-order chi connectivity index (χ1) is 8.38. The van der Waals surface area contributed by atoms with Crippen LogP contribution in [0.4, 0.5) is 23.2 Å². The average Bonchev–Trinajstić information content (AvgIpc) is 2.72. The van der Waals surface area contributed by atoms with Gasteiger partial charge in [0.05, 0.1) is 18.3 Å². The monoisotopic (exact) mass is 259 g/mol. The fourth-order valence-corrected chi connectivity index (χ4v) is 1.50. The normalized spacial score (nSPS) is 11.8. The third kappa shape index (κ3) is 2.44. The average molecular weight is 259 g/mol. The molecule has 96 valence electrons. The highest BCUT2D eigenvalue weighted by Gasteiger charge is 2.32. The second-order valence-electron chi connectivity index (χ2n) is 3.73. The van der Waals surface area contributed by atoms with Gasteiger partial charge < -0.3 is 5.73 Å². The molecule has 2 aromatic rings. The van der Waals surface area contributed by atoms with E-state index in [0.717, 1.165) is 10.9 Å². The standard InChI is InChI=1S/C11H9F4N3/c12-9-2-1-3-10(16)8(9)6-18-5-7(4-17-18)11(13,14)15/h1-5H,6,16H2. The van der Waals surface area contributed by atoms with Gasteiger partial charge in [-0.1, -0.05) is 6.07 Å². The molecule has 0 bridgehead atoms.